The first kappa shape index (κ1) is 22.6. The van der Waals surface area contributed by atoms with Crippen molar-refractivity contribution in [3.63, 3.8) is 0 Å². The lowest BCUT2D eigenvalue weighted by atomic mass is 9.97. The molecular formula is C24H22F3N7O. The molecule has 11 heteroatoms. The maximum atomic E-state index is 12.9. The van der Waals surface area contributed by atoms with E-state index in [1.54, 1.807) is 0 Å². The number of tetrazole rings is 1. The molecule has 180 valence electrons. The van der Waals surface area contributed by atoms with Crippen molar-refractivity contribution in [1.29, 1.82) is 0 Å². The molecule has 0 bridgehead atoms. The number of halogens is 3. The summed E-state index contributed by atoms with van der Waals surface area (Å²) in [5.41, 5.74) is 4.62. The van der Waals surface area contributed by atoms with Crippen molar-refractivity contribution in [3.8, 4) is 22.5 Å². The van der Waals surface area contributed by atoms with Gasteiger partial charge in [-0.05, 0) is 40.5 Å². The largest absolute Gasteiger partial charge is 0.469 e. The van der Waals surface area contributed by atoms with E-state index >= 15 is 0 Å². The molecule has 3 aromatic rings. The van der Waals surface area contributed by atoms with Crippen molar-refractivity contribution in [1.82, 2.24) is 30.6 Å². The number of aliphatic imine (C=N–C) groups is 1. The summed E-state index contributed by atoms with van der Waals surface area (Å²) in [6.07, 6.45) is -0.304. The quantitative estimate of drug-likeness (QED) is 0.584. The van der Waals surface area contributed by atoms with Gasteiger partial charge in [0, 0.05) is 25.2 Å². The van der Waals surface area contributed by atoms with Crippen LogP contribution in [0.1, 0.15) is 12.5 Å². The average Bonchev–Trinajstić information content (AvgIpc) is 3.46. The van der Waals surface area contributed by atoms with Gasteiger partial charge in [-0.25, -0.2) is 0 Å². The summed E-state index contributed by atoms with van der Waals surface area (Å²) >= 11 is 0. The summed E-state index contributed by atoms with van der Waals surface area (Å²) in [5, 5.41) is 17.9. The Hall–Kier alpha value is -4.15. The van der Waals surface area contributed by atoms with E-state index < -0.39 is 18.8 Å². The highest BCUT2D eigenvalue weighted by Crippen LogP contribution is 2.33. The molecule has 0 fully saturated rings. The predicted octanol–water partition coefficient (Wildman–Crippen LogP) is 4.34. The molecule has 2 aromatic carbocycles. The molecule has 1 unspecified atom stereocenters. The van der Waals surface area contributed by atoms with Crippen molar-refractivity contribution < 1.29 is 17.9 Å². The van der Waals surface area contributed by atoms with Crippen LogP contribution in [0.25, 0.3) is 22.5 Å². The third-order valence-electron chi connectivity index (χ3n) is 5.72. The van der Waals surface area contributed by atoms with Crippen molar-refractivity contribution in [2.75, 3.05) is 13.7 Å². The van der Waals surface area contributed by atoms with Gasteiger partial charge < -0.3 is 4.74 Å². The summed E-state index contributed by atoms with van der Waals surface area (Å²) in [5.74, 6) is 1.10. The Morgan fingerprint density at radius 2 is 1.80 bits per heavy atom. The summed E-state index contributed by atoms with van der Waals surface area (Å²) in [6.45, 7) is 0.524. The Morgan fingerprint density at radius 3 is 2.49 bits per heavy atom. The monoisotopic (exact) mass is 481 g/mol. The predicted molar refractivity (Wildman–Crippen MR) is 123 cm³/mol. The molecule has 0 saturated heterocycles. The SMILES string of the molecule is CC1=CN(C)N2C(=C1)N=C(OCC(F)(F)F)C2Cc1ccc(-c2ccccc2-c2nn[nH]n2)cc1. The molecule has 0 aliphatic carbocycles. The number of rotatable bonds is 5. The molecule has 1 aromatic heterocycles. The number of ether oxygens (including phenoxy) is 1. The van der Waals surface area contributed by atoms with Crippen LogP contribution in [0, 0.1) is 0 Å². The fourth-order valence-electron chi connectivity index (χ4n) is 4.29. The van der Waals surface area contributed by atoms with Gasteiger partial charge in [-0.2, -0.15) is 23.4 Å². The highest BCUT2D eigenvalue weighted by Gasteiger charge is 2.39. The van der Waals surface area contributed by atoms with Crippen LogP contribution < -0.4 is 0 Å². The number of hydrogen-bond acceptors (Lipinski definition) is 7. The third-order valence-corrected chi connectivity index (χ3v) is 5.72. The molecule has 3 heterocycles. The van der Waals surface area contributed by atoms with Crippen LogP contribution >= 0.6 is 0 Å². The Labute approximate surface area is 199 Å². The van der Waals surface area contributed by atoms with E-state index in [2.05, 4.69) is 25.6 Å². The summed E-state index contributed by atoms with van der Waals surface area (Å²) in [4.78, 5) is 4.37. The first-order valence-electron chi connectivity index (χ1n) is 10.9. The van der Waals surface area contributed by atoms with Crippen LogP contribution in [0.2, 0.25) is 0 Å². The maximum absolute atomic E-state index is 12.9. The first-order valence-corrected chi connectivity index (χ1v) is 10.9. The van der Waals surface area contributed by atoms with Gasteiger partial charge in [0.15, 0.2) is 12.4 Å². The van der Waals surface area contributed by atoms with Gasteiger partial charge in [-0.1, -0.05) is 48.5 Å². The standard InChI is InChI=1S/C24H22F3N7O/c1-15-11-21-28-23(35-14-24(25,26)27)20(34(21)33(2)13-15)12-16-7-9-17(10-8-16)18-5-3-4-6-19(18)22-29-31-32-30-22/h3-11,13,20H,12,14H2,1-2H3,(H,29,30,31,32). The zero-order valence-electron chi connectivity index (χ0n) is 19.0. The maximum Gasteiger partial charge on any atom is 0.422 e. The van der Waals surface area contributed by atoms with E-state index in [1.165, 1.54) is 0 Å². The molecule has 1 N–H and O–H groups in total. The van der Waals surface area contributed by atoms with E-state index in [0.717, 1.165) is 27.8 Å². The van der Waals surface area contributed by atoms with E-state index in [-0.39, 0.29) is 5.90 Å². The van der Waals surface area contributed by atoms with Crippen LogP contribution in [0.3, 0.4) is 0 Å². The molecular weight excluding hydrogens is 459 g/mol. The second kappa shape index (κ2) is 8.90. The van der Waals surface area contributed by atoms with E-state index in [9.17, 15) is 13.2 Å². The molecule has 8 nitrogen and oxygen atoms in total. The van der Waals surface area contributed by atoms with Gasteiger partial charge in [0.2, 0.25) is 11.7 Å². The van der Waals surface area contributed by atoms with E-state index in [4.69, 9.17) is 4.74 Å². The van der Waals surface area contributed by atoms with Crippen LogP contribution in [0.4, 0.5) is 13.2 Å². The highest BCUT2D eigenvalue weighted by atomic mass is 19.4. The lowest BCUT2D eigenvalue weighted by Gasteiger charge is -2.37. The fourth-order valence-corrected chi connectivity index (χ4v) is 4.29. The number of nitrogens with one attached hydrogen (secondary N) is 1. The molecule has 2 aliphatic rings. The van der Waals surface area contributed by atoms with Gasteiger partial charge in [0.1, 0.15) is 6.04 Å². The topological polar surface area (TPSA) is 82.5 Å². The van der Waals surface area contributed by atoms with Gasteiger partial charge in [-0.15, -0.1) is 10.2 Å². The van der Waals surface area contributed by atoms with Crippen LogP contribution in [0.15, 0.2) is 77.2 Å². The number of aromatic amines is 1. The fraction of sp³-hybridized carbons (Fsp3) is 0.250. The number of hydrazine groups is 1. The number of fused-ring (bicyclic) bond motifs is 1. The number of alkyl halides is 3. The lowest BCUT2D eigenvalue weighted by Crippen LogP contribution is -2.46. The minimum Gasteiger partial charge on any atom is -0.469 e. The molecule has 0 saturated carbocycles. The van der Waals surface area contributed by atoms with Gasteiger partial charge in [-0.3, -0.25) is 10.0 Å². The molecule has 0 radical (unpaired) electrons. The molecule has 5 rings (SSSR count). The minimum atomic E-state index is -4.45. The summed E-state index contributed by atoms with van der Waals surface area (Å²) < 4.78 is 43.8. The number of benzene rings is 2. The molecule has 35 heavy (non-hydrogen) atoms. The third kappa shape index (κ3) is 4.75. The Balaban J connectivity index is 1.40. The smallest absolute Gasteiger partial charge is 0.422 e. The number of aromatic nitrogens is 4. The molecule has 0 spiro atoms. The number of hydrogen-bond donors (Lipinski definition) is 1. The molecule has 0 amide bonds. The molecule has 2 aliphatic heterocycles. The van der Waals surface area contributed by atoms with Gasteiger partial charge >= 0.3 is 6.18 Å². The number of allylic oxidation sites excluding steroid dienone is 2. The van der Waals surface area contributed by atoms with E-state index in [1.807, 2.05) is 84.8 Å². The Kier molecular flexibility index (Phi) is 5.75. The lowest BCUT2D eigenvalue weighted by molar-refractivity contribution is -0.157. The zero-order valence-corrected chi connectivity index (χ0v) is 19.0. The van der Waals surface area contributed by atoms with Gasteiger partial charge in [0.25, 0.3) is 0 Å². The zero-order chi connectivity index (χ0) is 24.6. The van der Waals surface area contributed by atoms with Gasteiger partial charge in [0.05, 0.1) is 0 Å². The number of H-pyrrole nitrogens is 1. The van der Waals surface area contributed by atoms with Crippen molar-refractivity contribution in [2.24, 2.45) is 4.99 Å². The summed E-state index contributed by atoms with van der Waals surface area (Å²) in [6, 6.07) is 15.1. The van der Waals surface area contributed by atoms with Crippen LogP contribution in [-0.4, -0.2) is 62.4 Å². The van der Waals surface area contributed by atoms with Crippen molar-refractivity contribution in [2.45, 2.75) is 25.6 Å². The molecule has 1 atom stereocenters. The minimum absolute atomic E-state index is 0.0510. The average molecular weight is 481 g/mol. The summed E-state index contributed by atoms with van der Waals surface area (Å²) in [7, 11) is 1.84. The van der Waals surface area contributed by atoms with Crippen molar-refractivity contribution >= 4 is 5.90 Å². The first-order chi connectivity index (χ1) is 16.8. The second-order valence-corrected chi connectivity index (χ2v) is 8.35. The Morgan fingerprint density at radius 1 is 1.06 bits per heavy atom. The van der Waals surface area contributed by atoms with Crippen LogP contribution in [-0.2, 0) is 11.2 Å². The normalized spacial score (nSPS) is 17.6. The van der Waals surface area contributed by atoms with Crippen molar-refractivity contribution in [3.05, 3.63) is 77.8 Å². The number of nitrogens with zero attached hydrogens (tertiary/aromatic N) is 6. The second-order valence-electron chi connectivity index (χ2n) is 8.35. The highest BCUT2D eigenvalue weighted by molar-refractivity contribution is 5.86. The van der Waals surface area contributed by atoms with Crippen LogP contribution in [0.5, 0.6) is 0 Å². The van der Waals surface area contributed by atoms with E-state index in [0.29, 0.717) is 18.1 Å². The Bertz CT molecular complexity index is 1300.